The predicted molar refractivity (Wildman–Crippen MR) is 47.0 cm³/mol. The fraction of sp³-hybridized carbons (Fsp3) is 0.750. The van der Waals surface area contributed by atoms with Crippen LogP contribution in [-0.4, -0.2) is 44.0 Å². The molecule has 1 atom stereocenters. The lowest BCUT2D eigenvalue weighted by Crippen LogP contribution is -2.37. The quantitative estimate of drug-likeness (QED) is 0.668. The minimum Gasteiger partial charge on any atom is -0.392 e. The third kappa shape index (κ3) is 1.87. The zero-order valence-corrected chi connectivity index (χ0v) is 7.72. The van der Waals surface area contributed by atoms with E-state index >= 15 is 0 Å². The summed E-state index contributed by atoms with van der Waals surface area (Å²) < 4.78 is 2.05. The highest BCUT2D eigenvalue weighted by atomic mass is 16.3. The van der Waals surface area contributed by atoms with Gasteiger partial charge in [-0.1, -0.05) is 0 Å². The molecule has 2 heterocycles. The van der Waals surface area contributed by atoms with Crippen LogP contribution < -0.4 is 0 Å². The fourth-order valence-electron chi connectivity index (χ4n) is 1.65. The molecule has 0 aliphatic carbocycles. The van der Waals surface area contributed by atoms with E-state index in [9.17, 15) is 5.11 Å². The van der Waals surface area contributed by atoms with Crippen molar-refractivity contribution in [3.63, 3.8) is 0 Å². The molecule has 0 bridgehead atoms. The average Bonchev–Trinajstić information content (AvgIpc) is 2.49. The van der Waals surface area contributed by atoms with E-state index in [0.29, 0.717) is 6.54 Å². The van der Waals surface area contributed by atoms with Crippen LogP contribution in [-0.2, 0) is 13.1 Å². The Labute approximate surface area is 77.0 Å². The van der Waals surface area contributed by atoms with Gasteiger partial charge in [0.1, 0.15) is 12.2 Å². The van der Waals surface area contributed by atoms with Crippen molar-refractivity contribution in [3.05, 3.63) is 12.2 Å². The third-order valence-corrected chi connectivity index (χ3v) is 2.24. The van der Waals surface area contributed by atoms with Crippen molar-refractivity contribution in [2.24, 2.45) is 0 Å². The molecule has 72 valence electrons. The Kier molecular flexibility index (Phi) is 2.28. The van der Waals surface area contributed by atoms with E-state index in [-0.39, 0.29) is 6.10 Å². The van der Waals surface area contributed by atoms with E-state index in [0.717, 1.165) is 25.5 Å². The van der Waals surface area contributed by atoms with Crippen LogP contribution in [0.4, 0.5) is 0 Å². The number of aliphatic hydroxyl groups is 1. The molecule has 1 unspecified atom stereocenters. The van der Waals surface area contributed by atoms with Crippen molar-refractivity contribution >= 4 is 0 Å². The van der Waals surface area contributed by atoms with E-state index in [1.807, 2.05) is 0 Å². The van der Waals surface area contributed by atoms with Gasteiger partial charge in [-0.25, -0.2) is 0 Å². The van der Waals surface area contributed by atoms with Crippen molar-refractivity contribution in [1.29, 1.82) is 0 Å². The Morgan fingerprint density at radius 1 is 1.62 bits per heavy atom. The van der Waals surface area contributed by atoms with Gasteiger partial charge in [0.05, 0.1) is 12.6 Å². The normalized spacial score (nSPS) is 19.8. The molecule has 5 nitrogen and oxygen atoms in total. The van der Waals surface area contributed by atoms with Crippen molar-refractivity contribution < 1.29 is 5.11 Å². The number of aliphatic hydroxyl groups excluding tert-OH is 1. The van der Waals surface area contributed by atoms with Crippen LogP contribution in [0.25, 0.3) is 0 Å². The Morgan fingerprint density at radius 3 is 3.23 bits per heavy atom. The molecule has 0 spiro atoms. The predicted octanol–water partition coefficient (Wildman–Crippen LogP) is -0.526. The minimum absolute atomic E-state index is 0.269. The Morgan fingerprint density at radius 2 is 2.46 bits per heavy atom. The molecule has 13 heavy (non-hydrogen) atoms. The van der Waals surface area contributed by atoms with Gasteiger partial charge < -0.3 is 9.67 Å². The van der Waals surface area contributed by atoms with Crippen LogP contribution in [0, 0.1) is 0 Å². The summed E-state index contributed by atoms with van der Waals surface area (Å²) in [5, 5.41) is 17.1. The standard InChI is InChI=1S/C8H14N4O/c1-7(13)4-11-2-3-12-6-9-10-8(12)5-11/h6-7,13H,2-5H2,1H3. The van der Waals surface area contributed by atoms with Crippen LogP contribution in [0.2, 0.25) is 0 Å². The van der Waals surface area contributed by atoms with Crippen LogP contribution >= 0.6 is 0 Å². The molecule has 0 radical (unpaired) electrons. The van der Waals surface area contributed by atoms with Crippen molar-refractivity contribution in [2.75, 3.05) is 13.1 Å². The molecule has 1 aromatic rings. The summed E-state index contributed by atoms with van der Waals surface area (Å²) in [6.45, 7) is 5.21. The first kappa shape index (κ1) is 8.65. The van der Waals surface area contributed by atoms with E-state index in [1.165, 1.54) is 0 Å². The third-order valence-electron chi connectivity index (χ3n) is 2.24. The topological polar surface area (TPSA) is 54.2 Å². The van der Waals surface area contributed by atoms with Crippen LogP contribution in [0.1, 0.15) is 12.7 Å². The molecule has 0 aromatic carbocycles. The maximum Gasteiger partial charge on any atom is 0.147 e. The molecular weight excluding hydrogens is 168 g/mol. The summed E-state index contributed by atoms with van der Waals surface area (Å²) in [6.07, 6.45) is 1.49. The van der Waals surface area contributed by atoms with Crippen molar-refractivity contribution in [1.82, 2.24) is 19.7 Å². The van der Waals surface area contributed by atoms with Gasteiger partial charge in [0, 0.05) is 19.6 Å². The number of β-amino-alcohol motifs (C(OH)–C–C–N with tert-alkyl or cyclic N) is 1. The highest BCUT2D eigenvalue weighted by Gasteiger charge is 2.17. The molecule has 2 rings (SSSR count). The SMILES string of the molecule is CC(O)CN1CCn2cnnc2C1. The Bertz CT molecular complexity index is 283. The van der Waals surface area contributed by atoms with Gasteiger partial charge in [0.25, 0.3) is 0 Å². The molecule has 0 amide bonds. The summed E-state index contributed by atoms with van der Waals surface area (Å²) in [6, 6.07) is 0. The number of rotatable bonds is 2. The van der Waals surface area contributed by atoms with Crippen molar-refractivity contribution in [2.45, 2.75) is 26.1 Å². The molecule has 0 saturated carbocycles. The Hall–Kier alpha value is -0.940. The smallest absolute Gasteiger partial charge is 0.147 e. The zero-order chi connectivity index (χ0) is 9.26. The highest BCUT2D eigenvalue weighted by molar-refractivity contribution is 4.89. The molecule has 1 aromatic heterocycles. The number of nitrogens with zero attached hydrogens (tertiary/aromatic N) is 4. The second kappa shape index (κ2) is 3.43. The van der Waals surface area contributed by atoms with Gasteiger partial charge in [-0.2, -0.15) is 0 Å². The van der Waals surface area contributed by atoms with Gasteiger partial charge in [-0.05, 0) is 6.92 Å². The molecule has 0 saturated heterocycles. The van der Waals surface area contributed by atoms with Gasteiger partial charge in [0.2, 0.25) is 0 Å². The number of hydrogen-bond donors (Lipinski definition) is 1. The fourth-order valence-corrected chi connectivity index (χ4v) is 1.65. The first-order valence-corrected chi connectivity index (χ1v) is 4.53. The van der Waals surface area contributed by atoms with E-state index in [1.54, 1.807) is 13.3 Å². The first-order valence-electron chi connectivity index (χ1n) is 4.53. The molecular formula is C8H14N4O. The summed E-state index contributed by atoms with van der Waals surface area (Å²) >= 11 is 0. The number of hydrogen-bond acceptors (Lipinski definition) is 4. The minimum atomic E-state index is -0.269. The molecule has 1 N–H and O–H groups in total. The van der Waals surface area contributed by atoms with E-state index in [2.05, 4.69) is 19.7 Å². The highest BCUT2D eigenvalue weighted by Crippen LogP contribution is 2.08. The lowest BCUT2D eigenvalue weighted by Gasteiger charge is -2.27. The maximum absolute atomic E-state index is 9.22. The largest absolute Gasteiger partial charge is 0.392 e. The van der Waals surface area contributed by atoms with Crippen LogP contribution in [0.3, 0.4) is 0 Å². The Balaban J connectivity index is 2.00. The second-order valence-corrected chi connectivity index (χ2v) is 3.52. The number of fused-ring (bicyclic) bond motifs is 1. The van der Waals surface area contributed by atoms with E-state index < -0.39 is 0 Å². The molecule has 1 aliphatic rings. The monoisotopic (exact) mass is 182 g/mol. The van der Waals surface area contributed by atoms with Crippen molar-refractivity contribution in [3.8, 4) is 0 Å². The van der Waals surface area contributed by atoms with Gasteiger partial charge in [-0.15, -0.1) is 10.2 Å². The summed E-state index contributed by atoms with van der Waals surface area (Å²) in [5.41, 5.74) is 0. The molecule has 0 fully saturated rings. The van der Waals surface area contributed by atoms with Gasteiger partial charge >= 0.3 is 0 Å². The van der Waals surface area contributed by atoms with Crippen LogP contribution in [0.15, 0.2) is 6.33 Å². The van der Waals surface area contributed by atoms with Crippen LogP contribution in [0.5, 0.6) is 0 Å². The van der Waals surface area contributed by atoms with E-state index in [4.69, 9.17) is 0 Å². The summed E-state index contributed by atoms with van der Waals surface area (Å²) in [5.74, 6) is 0.993. The lowest BCUT2D eigenvalue weighted by molar-refractivity contribution is 0.108. The molecule has 1 aliphatic heterocycles. The first-order chi connectivity index (χ1) is 6.25. The summed E-state index contributed by atoms with van der Waals surface area (Å²) in [7, 11) is 0. The lowest BCUT2D eigenvalue weighted by atomic mass is 10.3. The zero-order valence-electron chi connectivity index (χ0n) is 7.72. The maximum atomic E-state index is 9.22. The van der Waals surface area contributed by atoms with Gasteiger partial charge in [-0.3, -0.25) is 4.90 Å². The summed E-state index contributed by atoms with van der Waals surface area (Å²) in [4.78, 5) is 2.19. The van der Waals surface area contributed by atoms with Gasteiger partial charge in [0.15, 0.2) is 0 Å². The molecule has 5 heteroatoms. The average molecular weight is 182 g/mol. The number of aromatic nitrogens is 3. The second-order valence-electron chi connectivity index (χ2n) is 3.52.